The summed E-state index contributed by atoms with van der Waals surface area (Å²) in [6.45, 7) is 13.5. The summed E-state index contributed by atoms with van der Waals surface area (Å²) in [7, 11) is -3.55. The topological polar surface area (TPSA) is 171 Å². The number of ketones is 1. The van der Waals surface area contributed by atoms with Crippen molar-refractivity contribution in [3.63, 3.8) is 0 Å². The van der Waals surface area contributed by atoms with E-state index < -0.39 is 61.4 Å². The molecule has 4 aliphatic carbocycles. The van der Waals surface area contributed by atoms with Crippen LogP contribution in [-0.2, 0) is 29.0 Å². The standard InChI is InChI=1S/C37H61N5O7S/c1-8-24-20-37(24,29(43)31(45)38-9-2)40-30(44)28-26-25(35(26,6)7)21-42(28)32(46)27(23-16-12-10-13-17-23)39-33(47)41-36(18-14-11-15-19-36)22-50(48,49)34(3,4)5/h23-28H,8-22H2,1-7H3,(H,38,45)(H,40,44)(H2,39,41,47)/t24-,25+,26+,27+,28+,37+/m1/s1. The van der Waals surface area contributed by atoms with Gasteiger partial charge in [0.1, 0.15) is 17.6 Å². The molecule has 1 heterocycles. The average Bonchev–Trinajstić information content (AvgIpc) is 3.80. The molecule has 0 aromatic rings. The van der Waals surface area contributed by atoms with E-state index in [0.717, 1.165) is 51.4 Å². The minimum Gasteiger partial charge on any atom is -0.350 e. The fourth-order valence-electron chi connectivity index (χ4n) is 9.42. The molecule has 4 saturated carbocycles. The molecule has 0 aromatic carbocycles. The molecule has 5 fully saturated rings. The van der Waals surface area contributed by atoms with Crippen LogP contribution in [0.3, 0.4) is 0 Å². The molecule has 12 nitrogen and oxygen atoms in total. The first-order chi connectivity index (χ1) is 23.3. The molecule has 0 unspecified atom stereocenters. The van der Waals surface area contributed by atoms with Crippen molar-refractivity contribution >= 4 is 39.4 Å². The number of urea groups is 1. The van der Waals surface area contributed by atoms with Crippen LogP contribution in [-0.4, -0.2) is 89.6 Å². The molecule has 0 bridgehead atoms. The lowest BCUT2D eigenvalue weighted by atomic mass is 9.82. The van der Waals surface area contributed by atoms with Gasteiger partial charge in [0.05, 0.1) is 16.0 Å². The Morgan fingerprint density at radius 3 is 2.08 bits per heavy atom. The van der Waals surface area contributed by atoms with Crippen LogP contribution in [0.2, 0.25) is 0 Å². The van der Waals surface area contributed by atoms with Crippen LogP contribution in [0.4, 0.5) is 4.79 Å². The van der Waals surface area contributed by atoms with Crippen molar-refractivity contribution in [1.29, 1.82) is 0 Å². The molecule has 0 radical (unpaired) electrons. The van der Waals surface area contributed by atoms with Gasteiger partial charge in [-0.25, -0.2) is 13.2 Å². The van der Waals surface area contributed by atoms with Gasteiger partial charge in [0.2, 0.25) is 17.6 Å². The normalized spacial score (nSPS) is 30.7. The number of rotatable bonds is 12. The zero-order valence-electron chi connectivity index (χ0n) is 31.3. The molecule has 5 aliphatic rings. The lowest BCUT2D eigenvalue weighted by Crippen LogP contribution is -2.63. The fraction of sp³-hybridized carbons (Fsp3) is 0.865. The molecule has 282 valence electrons. The van der Waals surface area contributed by atoms with E-state index in [1.807, 2.05) is 6.92 Å². The van der Waals surface area contributed by atoms with Gasteiger partial charge in [0, 0.05) is 13.1 Å². The molecular weight excluding hydrogens is 659 g/mol. The Morgan fingerprint density at radius 1 is 0.900 bits per heavy atom. The smallest absolute Gasteiger partial charge is 0.315 e. The zero-order valence-corrected chi connectivity index (χ0v) is 32.1. The number of likely N-dealkylation sites (N-methyl/N-ethyl adjacent to an activating group) is 1. The molecule has 1 aliphatic heterocycles. The van der Waals surface area contributed by atoms with Crippen LogP contribution in [0.25, 0.3) is 0 Å². The number of nitrogens with zero attached hydrogens (tertiary/aromatic N) is 1. The van der Waals surface area contributed by atoms with Crippen LogP contribution in [0, 0.1) is 29.1 Å². The maximum Gasteiger partial charge on any atom is 0.315 e. The van der Waals surface area contributed by atoms with E-state index >= 15 is 0 Å². The van der Waals surface area contributed by atoms with Gasteiger partial charge in [-0.3, -0.25) is 19.2 Å². The summed E-state index contributed by atoms with van der Waals surface area (Å²) in [6.07, 6.45) is 9.07. The Morgan fingerprint density at radius 2 is 1.52 bits per heavy atom. The highest BCUT2D eigenvalue weighted by Gasteiger charge is 2.71. The molecule has 50 heavy (non-hydrogen) atoms. The summed E-state index contributed by atoms with van der Waals surface area (Å²) >= 11 is 0. The average molecular weight is 720 g/mol. The number of amides is 5. The van der Waals surface area contributed by atoms with Crippen LogP contribution in [0.15, 0.2) is 0 Å². The third kappa shape index (κ3) is 7.31. The first-order valence-electron chi connectivity index (χ1n) is 19.1. The number of likely N-dealkylation sites (tertiary alicyclic amines) is 1. The van der Waals surface area contributed by atoms with Gasteiger partial charge in [-0.1, -0.05) is 65.7 Å². The molecular formula is C37H61N5O7S. The highest BCUT2D eigenvalue weighted by Crippen LogP contribution is 2.65. The van der Waals surface area contributed by atoms with Crippen molar-refractivity contribution in [2.24, 2.45) is 29.1 Å². The second kappa shape index (κ2) is 14.0. The van der Waals surface area contributed by atoms with E-state index in [0.29, 0.717) is 38.8 Å². The number of Topliss-reactive ketones (excluding diaryl/α,β-unsaturated/α-hetero) is 1. The quantitative estimate of drug-likeness (QED) is 0.223. The van der Waals surface area contributed by atoms with E-state index in [9.17, 15) is 32.4 Å². The predicted octanol–water partition coefficient (Wildman–Crippen LogP) is 3.62. The maximum atomic E-state index is 14.7. The van der Waals surface area contributed by atoms with E-state index in [2.05, 4.69) is 35.1 Å². The number of carbonyl (C=O) groups excluding carboxylic acids is 5. The van der Waals surface area contributed by atoms with Gasteiger partial charge in [-0.2, -0.15) is 0 Å². The van der Waals surface area contributed by atoms with Crippen molar-refractivity contribution < 1.29 is 32.4 Å². The Labute approximate surface area is 298 Å². The highest BCUT2D eigenvalue weighted by atomic mass is 32.2. The van der Waals surface area contributed by atoms with Crippen molar-refractivity contribution in [3.8, 4) is 0 Å². The second-order valence-electron chi connectivity index (χ2n) is 17.5. The summed E-state index contributed by atoms with van der Waals surface area (Å²) in [5.41, 5.74) is -2.39. The minimum absolute atomic E-state index is 0.0901. The van der Waals surface area contributed by atoms with Gasteiger partial charge < -0.3 is 26.2 Å². The number of fused-ring (bicyclic) bond motifs is 1. The van der Waals surface area contributed by atoms with Crippen LogP contribution in [0.1, 0.15) is 126 Å². The summed E-state index contributed by atoms with van der Waals surface area (Å²) in [6, 6.07) is -2.28. The number of sulfone groups is 1. The fourth-order valence-corrected chi connectivity index (χ4v) is 10.9. The number of hydrogen-bond donors (Lipinski definition) is 4. The van der Waals surface area contributed by atoms with Crippen molar-refractivity contribution in [2.75, 3.05) is 18.8 Å². The molecule has 5 amide bonds. The van der Waals surface area contributed by atoms with E-state index in [4.69, 9.17) is 0 Å². The Balaban J connectivity index is 1.39. The van der Waals surface area contributed by atoms with Crippen molar-refractivity contribution in [3.05, 3.63) is 0 Å². The Bertz CT molecular complexity index is 1460. The van der Waals surface area contributed by atoms with Crippen LogP contribution >= 0.6 is 0 Å². The maximum absolute atomic E-state index is 14.7. The van der Waals surface area contributed by atoms with Crippen LogP contribution in [0.5, 0.6) is 0 Å². The summed E-state index contributed by atoms with van der Waals surface area (Å²) < 4.78 is 25.8. The number of piperidine rings is 1. The van der Waals surface area contributed by atoms with Gasteiger partial charge in [0.25, 0.3) is 5.91 Å². The number of hydrogen-bond acceptors (Lipinski definition) is 7. The Hall–Kier alpha value is -2.70. The molecule has 4 N–H and O–H groups in total. The summed E-state index contributed by atoms with van der Waals surface area (Å²) in [4.78, 5) is 70.5. The minimum atomic E-state index is -3.55. The lowest BCUT2D eigenvalue weighted by molar-refractivity contribution is -0.145. The third-order valence-corrected chi connectivity index (χ3v) is 15.7. The van der Waals surface area contributed by atoms with E-state index in [1.54, 1.807) is 32.6 Å². The largest absolute Gasteiger partial charge is 0.350 e. The van der Waals surface area contributed by atoms with Gasteiger partial charge in [0.15, 0.2) is 9.84 Å². The molecule has 0 aromatic heterocycles. The van der Waals surface area contributed by atoms with Crippen molar-refractivity contribution in [2.45, 2.75) is 153 Å². The van der Waals surface area contributed by atoms with Crippen LogP contribution < -0.4 is 21.3 Å². The molecule has 0 spiro atoms. The zero-order chi connectivity index (χ0) is 36.9. The van der Waals surface area contributed by atoms with E-state index in [-0.39, 0.29) is 40.7 Å². The molecule has 13 heteroatoms. The first-order valence-corrected chi connectivity index (χ1v) is 20.8. The predicted molar refractivity (Wildman–Crippen MR) is 191 cm³/mol. The van der Waals surface area contributed by atoms with Gasteiger partial charge in [-0.05, 0) is 88.9 Å². The Kier molecular flexibility index (Phi) is 10.8. The monoisotopic (exact) mass is 719 g/mol. The molecule has 5 rings (SSSR count). The number of nitrogens with one attached hydrogen (secondary N) is 4. The summed E-state index contributed by atoms with van der Waals surface area (Å²) in [5, 5.41) is 11.6. The summed E-state index contributed by atoms with van der Waals surface area (Å²) in [5.74, 6) is -2.59. The lowest BCUT2D eigenvalue weighted by Gasteiger charge is -2.41. The number of carbonyl (C=O) groups is 5. The van der Waals surface area contributed by atoms with Gasteiger partial charge >= 0.3 is 6.03 Å². The highest BCUT2D eigenvalue weighted by molar-refractivity contribution is 7.92. The van der Waals surface area contributed by atoms with Crippen molar-refractivity contribution in [1.82, 2.24) is 26.2 Å². The molecule has 6 atom stereocenters. The third-order valence-electron chi connectivity index (χ3n) is 12.9. The first kappa shape index (κ1) is 38.5. The van der Waals surface area contributed by atoms with Gasteiger partial charge in [-0.15, -0.1) is 0 Å². The second-order valence-corrected chi connectivity index (χ2v) is 20.3. The van der Waals surface area contributed by atoms with E-state index in [1.165, 1.54) is 0 Å². The molecule has 1 saturated heterocycles. The SMILES string of the molecule is CCNC(=O)C(=O)[C@]1(NC(=O)[C@@H]2[C@@H]3[C@H](CN2C(=O)[C@@H](NC(=O)NC2(CS(=O)(=O)C(C)(C)C)CCCCC2)C2CCCCC2)C3(C)C)C[C@H]1CC.